The van der Waals surface area contributed by atoms with Gasteiger partial charge in [0.1, 0.15) is 6.04 Å². The van der Waals surface area contributed by atoms with Crippen LogP contribution in [-0.2, 0) is 16.1 Å². The molecule has 8 nitrogen and oxygen atoms in total. The van der Waals surface area contributed by atoms with Crippen molar-refractivity contribution in [2.24, 2.45) is 5.73 Å². The highest BCUT2D eigenvalue weighted by Crippen LogP contribution is 2.27. The van der Waals surface area contributed by atoms with Crippen molar-refractivity contribution in [2.45, 2.75) is 69.7 Å². The molecule has 0 bridgehead atoms. The highest BCUT2D eigenvalue weighted by molar-refractivity contribution is 5.98. The quantitative estimate of drug-likeness (QED) is 0.502. The van der Waals surface area contributed by atoms with Crippen molar-refractivity contribution in [3.8, 4) is 0 Å². The third kappa shape index (κ3) is 7.49. The van der Waals surface area contributed by atoms with Gasteiger partial charge in [-0.15, -0.1) is 0 Å². The Hall–Kier alpha value is -2.78. The molecular formula is C32H45N5O3. The predicted octanol–water partition coefficient (Wildman–Crippen LogP) is 2.80. The maximum Gasteiger partial charge on any atom is 0.254 e. The van der Waals surface area contributed by atoms with Crippen molar-refractivity contribution in [1.29, 1.82) is 0 Å². The Bertz CT molecular complexity index is 1100. The third-order valence-electron chi connectivity index (χ3n) is 8.81. The number of hydrogen-bond acceptors (Lipinski definition) is 6. The van der Waals surface area contributed by atoms with E-state index in [-0.39, 0.29) is 29.9 Å². The largest absolute Gasteiger partial charge is 0.379 e. The Balaban J connectivity index is 1.35. The summed E-state index contributed by atoms with van der Waals surface area (Å²) in [6.07, 6.45) is 4.28. The first-order valence-corrected chi connectivity index (χ1v) is 15.0. The molecule has 2 heterocycles. The fourth-order valence-electron chi connectivity index (χ4n) is 6.28. The third-order valence-corrected chi connectivity index (χ3v) is 8.81. The van der Waals surface area contributed by atoms with Crippen LogP contribution in [0.3, 0.4) is 0 Å². The second kappa shape index (κ2) is 13.7. The van der Waals surface area contributed by atoms with Gasteiger partial charge in [0.05, 0.1) is 13.2 Å². The second-order valence-electron chi connectivity index (χ2n) is 11.8. The summed E-state index contributed by atoms with van der Waals surface area (Å²) in [5.41, 5.74) is 9.09. The summed E-state index contributed by atoms with van der Waals surface area (Å²) in [7, 11) is 0. The van der Waals surface area contributed by atoms with Crippen LogP contribution in [0.2, 0.25) is 0 Å². The molecule has 2 aromatic rings. The molecule has 216 valence electrons. The average molecular weight is 548 g/mol. The van der Waals surface area contributed by atoms with Gasteiger partial charge >= 0.3 is 0 Å². The summed E-state index contributed by atoms with van der Waals surface area (Å²) in [4.78, 5) is 34.3. The first-order chi connectivity index (χ1) is 19.5. The number of likely N-dealkylation sites (tertiary alicyclic amines) is 1. The molecule has 2 aromatic carbocycles. The van der Waals surface area contributed by atoms with E-state index in [0.29, 0.717) is 18.5 Å². The lowest BCUT2D eigenvalue weighted by Crippen LogP contribution is -2.50. The van der Waals surface area contributed by atoms with Gasteiger partial charge in [0, 0.05) is 63.0 Å². The minimum Gasteiger partial charge on any atom is -0.379 e. The van der Waals surface area contributed by atoms with Gasteiger partial charge in [-0.05, 0) is 56.7 Å². The number of morpholine rings is 1. The zero-order valence-electron chi connectivity index (χ0n) is 23.8. The standard InChI is InChI=1S/C32H45N5O3/c1-24-7-9-26(10-8-24)32(39)37-23-29(21-30(37)31(38)34-28-13-11-27(33)12-14-28)36(22-25-5-3-2-4-6-25)16-15-35-17-19-40-20-18-35/h2-10,27-30H,11-23,33H2,1H3,(H,34,38). The molecular weight excluding hydrogens is 502 g/mol. The Morgan fingerprint density at radius 3 is 2.40 bits per heavy atom. The second-order valence-corrected chi connectivity index (χ2v) is 11.8. The fourth-order valence-corrected chi connectivity index (χ4v) is 6.28. The molecule has 1 aliphatic carbocycles. The minimum absolute atomic E-state index is 0.0312. The number of ether oxygens (including phenoxy) is 1. The van der Waals surface area contributed by atoms with Crippen LogP contribution in [0.15, 0.2) is 54.6 Å². The topological polar surface area (TPSA) is 91.1 Å². The van der Waals surface area contributed by atoms with Gasteiger partial charge in [-0.3, -0.25) is 19.4 Å². The SMILES string of the molecule is Cc1ccc(C(=O)N2CC(N(CCN3CCOCC3)Cc3ccccc3)CC2C(=O)NC2CCC(N)CC2)cc1. The van der Waals surface area contributed by atoms with Crippen LogP contribution in [-0.4, -0.2) is 96.6 Å². The number of carbonyl (C=O) groups is 2. The van der Waals surface area contributed by atoms with Crippen LogP contribution >= 0.6 is 0 Å². The fraction of sp³-hybridized carbons (Fsp3) is 0.562. The number of benzene rings is 2. The van der Waals surface area contributed by atoms with E-state index in [2.05, 4.69) is 39.4 Å². The van der Waals surface area contributed by atoms with Crippen LogP contribution in [0.1, 0.15) is 53.6 Å². The van der Waals surface area contributed by atoms with E-state index in [9.17, 15) is 9.59 Å². The van der Waals surface area contributed by atoms with Crippen LogP contribution in [0.25, 0.3) is 0 Å². The van der Waals surface area contributed by atoms with Crippen LogP contribution in [0.4, 0.5) is 0 Å². The molecule has 2 atom stereocenters. The van der Waals surface area contributed by atoms with E-state index in [1.54, 1.807) is 0 Å². The summed E-state index contributed by atoms with van der Waals surface area (Å²) in [6.45, 7) is 8.59. The van der Waals surface area contributed by atoms with E-state index >= 15 is 0 Å². The lowest BCUT2D eigenvalue weighted by molar-refractivity contribution is -0.125. The monoisotopic (exact) mass is 547 g/mol. The first-order valence-electron chi connectivity index (χ1n) is 15.0. The Labute approximate surface area is 238 Å². The molecule has 3 fully saturated rings. The summed E-state index contributed by atoms with van der Waals surface area (Å²) in [6, 6.07) is 18.1. The number of nitrogens with two attached hydrogens (primary N) is 1. The molecule has 2 saturated heterocycles. The minimum atomic E-state index is -0.490. The summed E-state index contributed by atoms with van der Waals surface area (Å²) in [5, 5.41) is 3.29. The molecule has 0 spiro atoms. The summed E-state index contributed by atoms with van der Waals surface area (Å²) < 4.78 is 5.55. The van der Waals surface area contributed by atoms with Gasteiger partial charge in [-0.2, -0.15) is 0 Å². The molecule has 8 heteroatoms. The maximum atomic E-state index is 13.8. The average Bonchev–Trinajstić information content (AvgIpc) is 3.43. The van der Waals surface area contributed by atoms with Crippen molar-refractivity contribution in [3.05, 3.63) is 71.3 Å². The van der Waals surface area contributed by atoms with Crippen LogP contribution < -0.4 is 11.1 Å². The van der Waals surface area contributed by atoms with Gasteiger partial charge in [0.25, 0.3) is 5.91 Å². The van der Waals surface area contributed by atoms with Crippen molar-refractivity contribution in [2.75, 3.05) is 45.9 Å². The Morgan fingerprint density at radius 2 is 1.70 bits per heavy atom. The van der Waals surface area contributed by atoms with E-state index in [1.165, 1.54) is 5.56 Å². The van der Waals surface area contributed by atoms with Crippen molar-refractivity contribution < 1.29 is 14.3 Å². The van der Waals surface area contributed by atoms with Crippen LogP contribution in [0, 0.1) is 6.92 Å². The van der Waals surface area contributed by atoms with Crippen molar-refractivity contribution in [3.63, 3.8) is 0 Å². The maximum absolute atomic E-state index is 13.8. The molecule has 3 N–H and O–H groups in total. The van der Waals surface area contributed by atoms with Crippen LogP contribution in [0.5, 0.6) is 0 Å². The molecule has 2 unspecified atom stereocenters. The van der Waals surface area contributed by atoms with E-state index in [0.717, 1.165) is 77.2 Å². The van der Waals surface area contributed by atoms with Gasteiger partial charge in [0.2, 0.25) is 5.91 Å². The number of aryl methyl sites for hydroxylation is 1. The normalized spacial score (nSPS) is 25.7. The number of carbonyl (C=O) groups excluding carboxylic acids is 2. The molecule has 2 aliphatic heterocycles. The van der Waals surface area contributed by atoms with Gasteiger partial charge < -0.3 is 20.7 Å². The number of rotatable bonds is 9. The smallest absolute Gasteiger partial charge is 0.254 e. The molecule has 40 heavy (non-hydrogen) atoms. The zero-order chi connectivity index (χ0) is 27.9. The van der Waals surface area contributed by atoms with Gasteiger partial charge in [-0.1, -0.05) is 48.0 Å². The van der Waals surface area contributed by atoms with E-state index in [4.69, 9.17) is 10.5 Å². The molecule has 1 saturated carbocycles. The molecule has 2 amide bonds. The number of nitrogens with one attached hydrogen (secondary N) is 1. The zero-order valence-corrected chi connectivity index (χ0v) is 23.8. The molecule has 0 radical (unpaired) electrons. The number of nitrogens with zero attached hydrogens (tertiary/aromatic N) is 3. The predicted molar refractivity (Wildman–Crippen MR) is 157 cm³/mol. The summed E-state index contributed by atoms with van der Waals surface area (Å²) in [5.74, 6) is -0.0996. The molecule has 0 aromatic heterocycles. The highest BCUT2D eigenvalue weighted by Gasteiger charge is 2.42. The lowest BCUT2D eigenvalue weighted by atomic mass is 9.91. The van der Waals surface area contributed by atoms with Crippen molar-refractivity contribution in [1.82, 2.24) is 20.0 Å². The lowest BCUT2D eigenvalue weighted by Gasteiger charge is -2.33. The first kappa shape index (κ1) is 28.7. The summed E-state index contributed by atoms with van der Waals surface area (Å²) >= 11 is 0. The Kier molecular flexibility index (Phi) is 9.86. The van der Waals surface area contributed by atoms with Gasteiger partial charge in [0.15, 0.2) is 0 Å². The van der Waals surface area contributed by atoms with Gasteiger partial charge in [-0.25, -0.2) is 0 Å². The number of amides is 2. The van der Waals surface area contributed by atoms with E-state index < -0.39 is 6.04 Å². The highest BCUT2D eigenvalue weighted by atomic mass is 16.5. The molecule has 5 rings (SSSR count). The molecule has 3 aliphatic rings. The van der Waals surface area contributed by atoms with Crippen molar-refractivity contribution >= 4 is 11.8 Å². The Morgan fingerprint density at radius 1 is 1.00 bits per heavy atom. The number of hydrogen-bond donors (Lipinski definition) is 2. The van der Waals surface area contributed by atoms with E-state index in [1.807, 2.05) is 42.2 Å².